The maximum Gasteiger partial charge on any atom is 0.256 e. The van der Waals surface area contributed by atoms with E-state index in [1.807, 2.05) is 23.8 Å². The predicted octanol–water partition coefficient (Wildman–Crippen LogP) is 4.22. The van der Waals surface area contributed by atoms with Gasteiger partial charge in [-0.25, -0.2) is 13.4 Å². The van der Waals surface area contributed by atoms with Crippen molar-refractivity contribution in [3.8, 4) is 10.6 Å². The van der Waals surface area contributed by atoms with Gasteiger partial charge >= 0.3 is 0 Å². The van der Waals surface area contributed by atoms with E-state index < -0.39 is 10.0 Å². The normalized spacial score (nSPS) is 14.4. The molecule has 1 amide bonds. The summed E-state index contributed by atoms with van der Waals surface area (Å²) in [6.07, 6.45) is 1.80. The number of benzene rings is 1. The molecule has 146 valence electrons. The van der Waals surface area contributed by atoms with Gasteiger partial charge in [0.2, 0.25) is 10.0 Å². The number of nitrogens with one attached hydrogen (secondary N) is 1. The SMILES string of the molecule is Cc1csc(-c2ccsc2NC(=O)c2ccc(S(=O)(=O)N(C)C3CC3)cc2)n1. The third kappa shape index (κ3) is 3.75. The summed E-state index contributed by atoms with van der Waals surface area (Å²) in [5, 5.41) is 8.37. The first-order chi connectivity index (χ1) is 13.4. The van der Waals surface area contributed by atoms with Crippen LogP contribution in [0.4, 0.5) is 5.00 Å². The van der Waals surface area contributed by atoms with Crippen molar-refractivity contribution < 1.29 is 13.2 Å². The highest BCUT2D eigenvalue weighted by molar-refractivity contribution is 7.89. The second kappa shape index (κ2) is 7.40. The zero-order chi connectivity index (χ0) is 19.9. The summed E-state index contributed by atoms with van der Waals surface area (Å²) >= 11 is 2.96. The molecule has 2 heterocycles. The number of aromatic nitrogens is 1. The second-order valence-electron chi connectivity index (χ2n) is 6.69. The van der Waals surface area contributed by atoms with Crippen LogP contribution in [-0.4, -0.2) is 36.7 Å². The minimum absolute atomic E-state index is 0.0970. The van der Waals surface area contributed by atoms with Crippen LogP contribution in [0.15, 0.2) is 46.0 Å². The van der Waals surface area contributed by atoms with Gasteiger partial charge in [0, 0.05) is 35.3 Å². The summed E-state index contributed by atoms with van der Waals surface area (Å²) in [7, 11) is -1.91. The minimum atomic E-state index is -3.51. The molecule has 28 heavy (non-hydrogen) atoms. The van der Waals surface area contributed by atoms with Gasteiger partial charge in [0.1, 0.15) is 10.0 Å². The van der Waals surface area contributed by atoms with Gasteiger partial charge in [-0.1, -0.05) is 0 Å². The minimum Gasteiger partial charge on any atom is -0.313 e. The first-order valence-corrected chi connectivity index (χ1v) is 12.0. The lowest BCUT2D eigenvalue weighted by molar-refractivity contribution is 0.102. The zero-order valence-electron chi connectivity index (χ0n) is 15.4. The average molecular weight is 434 g/mol. The molecule has 2 aromatic heterocycles. The molecule has 0 aliphatic heterocycles. The van der Waals surface area contributed by atoms with Crippen LogP contribution in [0.1, 0.15) is 28.9 Å². The summed E-state index contributed by atoms with van der Waals surface area (Å²) < 4.78 is 26.6. The number of anilines is 1. The Morgan fingerprint density at radius 3 is 2.50 bits per heavy atom. The Bertz CT molecular complexity index is 1110. The molecule has 9 heteroatoms. The summed E-state index contributed by atoms with van der Waals surface area (Å²) in [6.45, 7) is 1.93. The van der Waals surface area contributed by atoms with Crippen molar-refractivity contribution >= 4 is 43.6 Å². The molecule has 1 aliphatic rings. The largest absolute Gasteiger partial charge is 0.313 e. The molecule has 4 rings (SSSR count). The first kappa shape index (κ1) is 19.3. The molecular formula is C19H19N3O3S3. The van der Waals surface area contributed by atoms with Crippen molar-refractivity contribution in [2.75, 3.05) is 12.4 Å². The van der Waals surface area contributed by atoms with E-state index in [1.54, 1.807) is 19.2 Å². The zero-order valence-corrected chi connectivity index (χ0v) is 17.8. The number of thiophene rings is 1. The second-order valence-corrected chi connectivity index (χ2v) is 10.5. The van der Waals surface area contributed by atoms with E-state index in [2.05, 4.69) is 10.3 Å². The summed E-state index contributed by atoms with van der Waals surface area (Å²) in [5.74, 6) is -0.281. The maximum atomic E-state index is 12.6. The van der Waals surface area contributed by atoms with Gasteiger partial charge in [0.05, 0.1) is 4.90 Å². The fraction of sp³-hybridized carbons (Fsp3) is 0.263. The maximum absolute atomic E-state index is 12.6. The summed E-state index contributed by atoms with van der Waals surface area (Å²) in [4.78, 5) is 17.3. The smallest absolute Gasteiger partial charge is 0.256 e. The third-order valence-corrected chi connectivity index (χ3v) is 8.34. The quantitative estimate of drug-likeness (QED) is 0.631. The van der Waals surface area contributed by atoms with Crippen LogP contribution in [0.3, 0.4) is 0 Å². The Hall–Kier alpha value is -2.07. The van der Waals surface area contributed by atoms with Crippen LogP contribution >= 0.6 is 22.7 Å². The average Bonchev–Trinajstić information content (AvgIpc) is 3.29. The van der Waals surface area contributed by atoms with Crippen molar-refractivity contribution in [2.45, 2.75) is 30.7 Å². The fourth-order valence-electron chi connectivity index (χ4n) is 2.81. The standard InChI is InChI=1S/C19H19N3O3S3/c1-12-11-27-18(20-12)16-9-10-26-19(16)21-17(23)13-3-7-15(8-4-13)28(24,25)22(2)14-5-6-14/h3-4,7-11,14H,5-6H2,1-2H3,(H,21,23). The van der Waals surface area contributed by atoms with Crippen molar-refractivity contribution in [3.05, 3.63) is 52.3 Å². The van der Waals surface area contributed by atoms with Crippen LogP contribution in [-0.2, 0) is 10.0 Å². The van der Waals surface area contributed by atoms with E-state index in [0.717, 1.165) is 34.1 Å². The number of sulfonamides is 1. The molecule has 1 aliphatic carbocycles. The third-order valence-electron chi connectivity index (χ3n) is 4.60. The molecule has 0 radical (unpaired) electrons. The van der Waals surface area contributed by atoms with Crippen LogP contribution in [0.5, 0.6) is 0 Å². The lowest BCUT2D eigenvalue weighted by atomic mass is 10.2. The van der Waals surface area contributed by atoms with Crippen LogP contribution in [0.25, 0.3) is 10.6 Å². The highest BCUT2D eigenvalue weighted by atomic mass is 32.2. The van der Waals surface area contributed by atoms with E-state index in [1.165, 1.54) is 39.1 Å². The van der Waals surface area contributed by atoms with E-state index >= 15 is 0 Å². The van der Waals surface area contributed by atoms with Crippen LogP contribution in [0, 0.1) is 6.92 Å². The van der Waals surface area contributed by atoms with E-state index in [-0.39, 0.29) is 16.8 Å². The number of carbonyl (C=O) groups excluding carboxylic acids is 1. The van der Waals surface area contributed by atoms with Gasteiger partial charge in [-0.3, -0.25) is 4.79 Å². The van der Waals surface area contributed by atoms with Crippen molar-refractivity contribution in [2.24, 2.45) is 0 Å². The van der Waals surface area contributed by atoms with Crippen molar-refractivity contribution in [1.82, 2.24) is 9.29 Å². The molecule has 1 aromatic carbocycles. The molecule has 3 aromatic rings. The Kier molecular flexibility index (Phi) is 5.09. The molecule has 0 bridgehead atoms. The van der Waals surface area contributed by atoms with Gasteiger partial charge in [-0.15, -0.1) is 22.7 Å². The number of hydrogen-bond donors (Lipinski definition) is 1. The molecule has 0 atom stereocenters. The van der Waals surface area contributed by atoms with Crippen molar-refractivity contribution in [3.63, 3.8) is 0 Å². The molecule has 6 nitrogen and oxygen atoms in total. The molecule has 0 spiro atoms. The molecule has 1 N–H and O–H groups in total. The van der Waals surface area contributed by atoms with Gasteiger partial charge in [0.25, 0.3) is 5.91 Å². The van der Waals surface area contributed by atoms with Crippen LogP contribution < -0.4 is 5.32 Å². The molecular weight excluding hydrogens is 414 g/mol. The molecule has 1 saturated carbocycles. The summed E-state index contributed by atoms with van der Waals surface area (Å²) in [5.41, 5.74) is 2.24. The van der Waals surface area contributed by atoms with E-state index in [9.17, 15) is 13.2 Å². The number of nitrogens with zero attached hydrogens (tertiary/aromatic N) is 2. The van der Waals surface area contributed by atoms with E-state index in [0.29, 0.717) is 5.56 Å². The van der Waals surface area contributed by atoms with Gasteiger partial charge in [0.15, 0.2) is 0 Å². The lowest BCUT2D eigenvalue weighted by Crippen LogP contribution is -2.28. The highest BCUT2D eigenvalue weighted by Crippen LogP contribution is 2.35. The monoisotopic (exact) mass is 433 g/mol. The number of amides is 1. The van der Waals surface area contributed by atoms with Gasteiger partial charge in [-0.05, 0) is 55.5 Å². The van der Waals surface area contributed by atoms with Crippen molar-refractivity contribution in [1.29, 1.82) is 0 Å². The Balaban J connectivity index is 1.51. The summed E-state index contributed by atoms with van der Waals surface area (Å²) in [6, 6.07) is 8.10. The Morgan fingerprint density at radius 2 is 1.89 bits per heavy atom. The fourth-order valence-corrected chi connectivity index (χ4v) is 5.90. The lowest BCUT2D eigenvalue weighted by Gasteiger charge is -2.16. The number of aryl methyl sites for hydroxylation is 1. The number of thiazole rings is 1. The Labute approximate surface area is 171 Å². The van der Waals surface area contributed by atoms with Gasteiger partial charge in [-0.2, -0.15) is 4.31 Å². The first-order valence-electron chi connectivity index (χ1n) is 8.75. The highest BCUT2D eigenvalue weighted by Gasteiger charge is 2.35. The number of rotatable bonds is 6. The Morgan fingerprint density at radius 1 is 1.18 bits per heavy atom. The topological polar surface area (TPSA) is 79.4 Å². The molecule has 0 saturated heterocycles. The molecule has 0 unspecified atom stereocenters. The number of hydrogen-bond acceptors (Lipinski definition) is 6. The van der Waals surface area contributed by atoms with Gasteiger partial charge < -0.3 is 5.32 Å². The molecule has 1 fully saturated rings. The van der Waals surface area contributed by atoms with E-state index in [4.69, 9.17) is 0 Å². The van der Waals surface area contributed by atoms with Crippen LogP contribution in [0.2, 0.25) is 0 Å². The number of carbonyl (C=O) groups is 1. The predicted molar refractivity (Wildman–Crippen MR) is 113 cm³/mol.